The van der Waals surface area contributed by atoms with Crippen LogP contribution < -0.4 is 5.73 Å². The van der Waals surface area contributed by atoms with E-state index in [4.69, 9.17) is 11.0 Å². The van der Waals surface area contributed by atoms with E-state index in [0.717, 1.165) is 6.07 Å². The molecule has 2 heterocycles. The summed E-state index contributed by atoms with van der Waals surface area (Å²) in [5, 5.41) is 8.77. The van der Waals surface area contributed by atoms with E-state index in [1.54, 1.807) is 12.1 Å². The minimum Gasteiger partial charge on any atom is -0.452 e. The van der Waals surface area contributed by atoms with E-state index in [9.17, 15) is 17.6 Å². The fourth-order valence-corrected chi connectivity index (χ4v) is 2.90. The molecule has 0 bridgehead atoms. The summed E-state index contributed by atoms with van der Waals surface area (Å²) >= 11 is 0. The summed E-state index contributed by atoms with van der Waals surface area (Å²) in [6.45, 7) is 1.36. The number of halogens is 4. The van der Waals surface area contributed by atoms with Gasteiger partial charge in [0, 0.05) is 23.7 Å². The van der Waals surface area contributed by atoms with Crippen LogP contribution in [0, 0.1) is 29.0 Å². The second kappa shape index (κ2) is 7.44. The number of hydrogen-bond donors (Lipinski definition) is 1. The van der Waals surface area contributed by atoms with Gasteiger partial charge in [-0.25, -0.2) is 14.4 Å². The number of nitrogens with zero attached hydrogens (tertiary/aromatic N) is 3. The summed E-state index contributed by atoms with van der Waals surface area (Å²) in [5.74, 6) is 4.81. The highest BCUT2D eigenvalue weighted by Gasteiger charge is 2.50. The Morgan fingerprint density at radius 2 is 1.93 bits per heavy atom. The first-order chi connectivity index (χ1) is 13.6. The van der Waals surface area contributed by atoms with Crippen LogP contribution in [0.4, 0.5) is 17.6 Å². The first kappa shape index (κ1) is 20.2. The molecule has 2 aromatic rings. The zero-order chi connectivity index (χ0) is 21.2. The predicted molar refractivity (Wildman–Crippen MR) is 95.9 cm³/mol. The maximum Gasteiger partial charge on any atom is 0.425 e. The number of aliphatic imine (C=N–C) groups is 1. The van der Waals surface area contributed by atoms with Crippen molar-refractivity contribution in [3.63, 3.8) is 0 Å². The molecule has 0 saturated carbocycles. The standard InChI is InChI=1S/C20H14F4N4O/c1-19(9-17(20(22,23)24)29-18(26)28-19)15-8-12(4-7-16(15)21)2-5-14-6-3-13(10-25)11-27-14/h3-4,6-8,11,17H,9H2,1H3,(H2,26,28)/t17-,19+/m0/s1. The molecule has 0 saturated heterocycles. The molecule has 1 aromatic heterocycles. The lowest BCUT2D eigenvalue weighted by atomic mass is 9.85. The maximum absolute atomic E-state index is 14.5. The lowest BCUT2D eigenvalue weighted by molar-refractivity contribution is -0.208. The van der Waals surface area contributed by atoms with Gasteiger partial charge < -0.3 is 10.5 Å². The first-order valence-corrected chi connectivity index (χ1v) is 8.37. The Bertz CT molecular complexity index is 1060. The van der Waals surface area contributed by atoms with Crippen LogP contribution in [0.2, 0.25) is 0 Å². The molecule has 2 atom stereocenters. The van der Waals surface area contributed by atoms with Crippen LogP contribution in [0.3, 0.4) is 0 Å². The largest absolute Gasteiger partial charge is 0.452 e. The quantitative estimate of drug-likeness (QED) is 0.586. The molecule has 1 aliphatic rings. The molecule has 0 unspecified atom stereocenters. The fraction of sp³-hybridized carbons (Fsp3) is 0.250. The second-order valence-corrected chi connectivity index (χ2v) is 6.56. The first-order valence-electron chi connectivity index (χ1n) is 8.37. The molecule has 2 N–H and O–H groups in total. The zero-order valence-electron chi connectivity index (χ0n) is 15.1. The minimum atomic E-state index is -4.67. The summed E-state index contributed by atoms with van der Waals surface area (Å²) < 4.78 is 58.5. The number of ether oxygens (including phenoxy) is 1. The number of aromatic nitrogens is 1. The van der Waals surface area contributed by atoms with Gasteiger partial charge in [-0.05, 0) is 43.2 Å². The monoisotopic (exact) mass is 402 g/mol. The number of nitriles is 1. The average Bonchev–Trinajstić information content (AvgIpc) is 2.66. The van der Waals surface area contributed by atoms with Crippen LogP contribution in [0.25, 0.3) is 0 Å². The third kappa shape index (κ3) is 4.46. The fourth-order valence-electron chi connectivity index (χ4n) is 2.90. The van der Waals surface area contributed by atoms with Gasteiger partial charge in [-0.1, -0.05) is 5.92 Å². The van der Waals surface area contributed by atoms with Crippen molar-refractivity contribution in [1.29, 1.82) is 5.26 Å². The van der Waals surface area contributed by atoms with Crippen LogP contribution in [0.1, 0.15) is 35.7 Å². The van der Waals surface area contributed by atoms with Gasteiger partial charge in [0.05, 0.1) is 11.1 Å². The highest BCUT2D eigenvalue weighted by molar-refractivity contribution is 5.73. The van der Waals surface area contributed by atoms with Crippen molar-refractivity contribution >= 4 is 6.02 Å². The van der Waals surface area contributed by atoms with Crippen molar-refractivity contribution in [2.24, 2.45) is 10.7 Å². The Labute approximate surface area is 163 Å². The average molecular weight is 402 g/mol. The molecular weight excluding hydrogens is 388 g/mol. The third-order valence-electron chi connectivity index (χ3n) is 4.34. The third-order valence-corrected chi connectivity index (χ3v) is 4.34. The molecule has 148 valence electrons. The predicted octanol–water partition coefficient (Wildman–Crippen LogP) is 3.37. The molecule has 3 rings (SSSR count). The number of rotatable bonds is 1. The number of alkyl halides is 3. The van der Waals surface area contributed by atoms with Crippen molar-refractivity contribution in [2.45, 2.75) is 31.2 Å². The zero-order valence-corrected chi connectivity index (χ0v) is 15.1. The van der Waals surface area contributed by atoms with Gasteiger partial charge >= 0.3 is 6.18 Å². The van der Waals surface area contributed by atoms with Crippen LogP contribution in [0.5, 0.6) is 0 Å². The highest BCUT2D eigenvalue weighted by atomic mass is 19.4. The number of nitrogens with two attached hydrogens (primary N) is 1. The van der Waals surface area contributed by atoms with E-state index in [1.165, 1.54) is 25.3 Å². The van der Waals surface area contributed by atoms with E-state index in [2.05, 4.69) is 26.6 Å². The highest BCUT2D eigenvalue weighted by Crippen LogP contribution is 2.40. The van der Waals surface area contributed by atoms with Crippen molar-refractivity contribution in [3.05, 3.63) is 64.7 Å². The number of hydrogen-bond acceptors (Lipinski definition) is 5. The van der Waals surface area contributed by atoms with E-state index < -0.39 is 36.1 Å². The van der Waals surface area contributed by atoms with Gasteiger partial charge in [-0.2, -0.15) is 18.4 Å². The SMILES string of the molecule is C[C@]1(c2cc(C#Cc3ccc(C#N)cn3)ccc2F)C[C@@H](C(F)(F)F)OC(N)=N1. The van der Waals surface area contributed by atoms with Gasteiger partial charge in [-0.15, -0.1) is 0 Å². The van der Waals surface area contributed by atoms with Crippen molar-refractivity contribution in [1.82, 2.24) is 4.98 Å². The van der Waals surface area contributed by atoms with Gasteiger partial charge in [0.15, 0.2) is 6.10 Å². The molecule has 0 amide bonds. The summed E-state index contributed by atoms with van der Waals surface area (Å²) in [7, 11) is 0. The molecule has 1 aromatic carbocycles. The molecule has 0 fully saturated rings. The van der Waals surface area contributed by atoms with Crippen molar-refractivity contribution in [2.75, 3.05) is 0 Å². The maximum atomic E-state index is 14.5. The Morgan fingerprint density at radius 3 is 2.55 bits per heavy atom. The Morgan fingerprint density at radius 1 is 1.21 bits per heavy atom. The Balaban J connectivity index is 1.96. The van der Waals surface area contributed by atoms with E-state index >= 15 is 0 Å². The molecule has 5 nitrogen and oxygen atoms in total. The van der Waals surface area contributed by atoms with Gasteiger partial charge in [-0.3, -0.25) is 0 Å². The van der Waals surface area contributed by atoms with E-state index in [-0.39, 0.29) is 5.56 Å². The molecule has 0 radical (unpaired) electrons. The molecule has 1 aliphatic heterocycles. The summed E-state index contributed by atoms with van der Waals surface area (Å²) in [6, 6.07) is 8.22. The normalized spacial score (nSPS) is 21.2. The smallest absolute Gasteiger partial charge is 0.425 e. The minimum absolute atomic E-state index is 0.0717. The summed E-state index contributed by atoms with van der Waals surface area (Å²) in [6.07, 6.45) is -6.13. The second-order valence-electron chi connectivity index (χ2n) is 6.56. The van der Waals surface area contributed by atoms with Crippen LogP contribution in [0.15, 0.2) is 41.5 Å². The van der Waals surface area contributed by atoms with Crippen LogP contribution >= 0.6 is 0 Å². The molecule has 0 aliphatic carbocycles. The number of benzene rings is 1. The van der Waals surface area contributed by atoms with Crippen LogP contribution in [-0.2, 0) is 10.3 Å². The van der Waals surface area contributed by atoms with Crippen LogP contribution in [-0.4, -0.2) is 23.3 Å². The van der Waals surface area contributed by atoms with Gasteiger partial charge in [0.2, 0.25) is 0 Å². The van der Waals surface area contributed by atoms with Gasteiger partial charge in [0.1, 0.15) is 17.6 Å². The van der Waals surface area contributed by atoms with E-state index in [1.807, 2.05) is 6.07 Å². The Kier molecular flexibility index (Phi) is 5.17. The topological polar surface area (TPSA) is 84.3 Å². The lowest BCUT2D eigenvalue weighted by Crippen LogP contribution is -2.46. The molecular formula is C20H14F4N4O. The molecule has 9 heteroatoms. The Hall–Kier alpha value is -3.59. The van der Waals surface area contributed by atoms with Gasteiger partial charge in [0.25, 0.3) is 6.02 Å². The van der Waals surface area contributed by atoms with E-state index in [0.29, 0.717) is 16.8 Å². The molecule has 29 heavy (non-hydrogen) atoms. The number of amidine groups is 1. The number of pyridine rings is 1. The van der Waals surface area contributed by atoms with Crippen molar-refractivity contribution < 1.29 is 22.3 Å². The van der Waals surface area contributed by atoms with Crippen molar-refractivity contribution in [3.8, 4) is 17.9 Å². The molecule has 0 spiro atoms. The summed E-state index contributed by atoms with van der Waals surface area (Å²) in [5.41, 5.74) is 4.90. The lowest BCUT2D eigenvalue weighted by Gasteiger charge is -2.35. The summed E-state index contributed by atoms with van der Waals surface area (Å²) in [4.78, 5) is 7.93.